The van der Waals surface area contributed by atoms with Crippen molar-refractivity contribution in [3.05, 3.63) is 48.0 Å². The average Bonchev–Trinajstić information content (AvgIpc) is 2.55. The van der Waals surface area contributed by atoms with Gasteiger partial charge in [-0.25, -0.2) is 4.79 Å². The van der Waals surface area contributed by atoms with E-state index in [0.717, 1.165) is 0 Å². The molecule has 0 spiro atoms. The van der Waals surface area contributed by atoms with Gasteiger partial charge in [-0.05, 0) is 57.2 Å². The van der Waals surface area contributed by atoms with Gasteiger partial charge in [-0.15, -0.1) is 0 Å². The third-order valence-electron chi connectivity index (χ3n) is 3.24. The van der Waals surface area contributed by atoms with Crippen LogP contribution in [0.3, 0.4) is 0 Å². The summed E-state index contributed by atoms with van der Waals surface area (Å²) in [6, 6.07) is 10.7. The Bertz CT molecular complexity index is 795. The van der Waals surface area contributed by atoms with Crippen LogP contribution in [0, 0.1) is 0 Å². The minimum atomic E-state index is -0.654. The third kappa shape index (κ3) is 5.41. The van der Waals surface area contributed by atoms with Crippen LogP contribution in [0.5, 0.6) is 11.5 Å². The number of phenols is 1. The van der Waals surface area contributed by atoms with Crippen molar-refractivity contribution in [3.8, 4) is 11.5 Å². The highest BCUT2D eigenvalue weighted by Crippen LogP contribution is 2.28. The molecule has 7 heteroatoms. The Kier molecular flexibility index (Phi) is 5.71. The van der Waals surface area contributed by atoms with Gasteiger partial charge in [0.1, 0.15) is 17.1 Å². The van der Waals surface area contributed by atoms with Gasteiger partial charge in [0, 0.05) is 11.6 Å². The molecule has 0 atom stereocenters. The summed E-state index contributed by atoms with van der Waals surface area (Å²) in [5, 5.41) is 14.6. The number of hydrogen-bond acceptors (Lipinski definition) is 5. The molecule has 0 saturated carbocycles. The third-order valence-corrected chi connectivity index (χ3v) is 3.24. The van der Waals surface area contributed by atoms with Gasteiger partial charge < -0.3 is 19.9 Å². The van der Waals surface area contributed by atoms with E-state index in [2.05, 4.69) is 10.6 Å². The molecule has 0 unspecified atom stereocenters. The fourth-order valence-corrected chi connectivity index (χ4v) is 2.08. The van der Waals surface area contributed by atoms with E-state index in [1.54, 1.807) is 39.0 Å². The number of rotatable bonds is 4. The lowest BCUT2D eigenvalue weighted by molar-refractivity contribution is 0.0635. The maximum Gasteiger partial charge on any atom is 0.412 e. The lowest BCUT2D eigenvalue weighted by atomic mass is 10.2. The van der Waals surface area contributed by atoms with Crippen LogP contribution in [0.2, 0.25) is 0 Å². The van der Waals surface area contributed by atoms with Crippen LogP contribution in [-0.2, 0) is 4.74 Å². The topological polar surface area (TPSA) is 96.9 Å². The Morgan fingerprint density at radius 3 is 2.19 bits per heavy atom. The Balaban J connectivity index is 2.23. The van der Waals surface area contributed by atoms with Crippen LogP contribution in [0.4, 0.5) is 16.2 Å². The van der Waals surface area contributed by atoms with E-state index in [0.29, 0.717) is 22.7 Å². The van der Waals surface area contributed by atoms with E-state index in [9.17, 15) is 14.7 Å². The smallest absolute Gasteiger partial charge is 0.412 e. The number of nitrogens with one attached hydrogen (secondary N) is 2. The molecule has 2 aromatic carbocycles. The maximum atomic E-state index is 12.4. The number of anilines is 2. The van der Waals surface area contributed by atoms with E-state index in [-0.39, 0.29) is 11.7 Å². The Morgan fingerprint density at radius 1 is 0.962 bits per heavy atom. The summed E-state index contributed by atoms with van der Waals surface area (Å²) < 4.78 is 10.4. The van der Waals surface area contributed by atoms with Gasteiger partial charge in [0.25, 0.3) is 5.91 Å². The molecule has 2 amide bonds. The van der Waals surface area contributed by atoms with E-state index < -0.39 is 11.7 Å². The van der Waals surface area contributed by atoms with Crippen LogP contribution in [0.15, 0.2) is 42.5 Å². The van der Waals surface area contributed by atoms with Crippen molar-refractivity contribution in [2.75, 3.05) is 17.7 Å². The zero-order valence-corrected chi connectivity index (χ0v) is 15.1. The van der Waals surface area contributed by atoms with Crippen molar-refractivity contribution in [1.82, 2.24) is 0 Å². The lowest BCUT2D eigenvalue weighted by Crippen LogP contribution is -2.27. The van der Waals surface area contributed by atoms with Gasteiger partial charge in [-0.3, -0.25) is 10.1 Å². The van der Waals surface area contributed by atoms with Crippen molar-refractivity contribution < 1.29 is 24.2 Å². The average molecular weight is 358 g/mol. The minimum Gasteiger partial charge on any atom is -0.508 e. The first-order valence-electron chi connectivity index (χ1n) is 7.96. The Morgan fingerprint density at radius 2 is 1.62 bits per heavy atom. The standard InChI is InChI=1S/C19H22N2O5/c1-19(2,3)26-18(24)21-16-11-14(25-4)9-10-15(16)20-17(23)12-5-7-13(22)8-6-12/h5-11,22H,1-4H3,(H,20,23)(H,21,24). The number of ether oxygens (including phenoxy) is 2. The predicted molar refractivity (Wildman–Crippen MR) is 98.9 cm³/mol. The molecule has 2 rings (SSSR count). The van der Waals surface area contributed by atoms with Gasteiger partial charge in [0.2, 0.25) is 0 Å². The molecule has 7 nitrogen and oxygen atoms in total. The molecule has 0 bridgehead atoms. The van der Waals surface area contributed by atoms with E-state index in [1.165, 1.54) is 31.4 Å². The van der Waals surface area contributed by atoms with Crippen molar-refractivity contribution in [2.24, 2.45) is 0 Å². The van der Waals surface area contributed by atoms with Crippen LogP contribution in [0.1, 0.15) is 31.1 Å². The number of aromatic hydroxyl groups is 1. The molecule has 0 aliphatic heterocycles. The highest BCUT2D eigenvalue weighted by molar-refractivity contribution is 6.07. The SMILES string of the molecule is COc1ccc(NC(=O)c2ccc(O)cc2)c(NC(=O)OC(C)(C)C)c1. The molecular weight excluding hydrogens is 336 g/mol. The summed E-state index contributed by atoms with van der Waals surface area (Å²) in [7, 11) is 1.50. The number of amides is 2. The van der Waals surface area contributed by atoms with Gasteiger partial charge in [-0.2, -0.15) is 0 Å². The summed E-state index contributed by atoms with van der Waals surface area (Å²) in [5.74, 6) is 0.194. The minimum absolute atomic E-state index is 0.0679. The van der Waals surface area contributed by atoms with E-state index in [1.807, 2.05) is 0 Å². The number of carbonyl (C=O) groups excluding carboxylic acids is 2. The summed E-state index contributed by atoms with van der Waals surface area (Å²) >= 11 is 0. The first kappa shape index (κ1) is 19.1. The lowest BCUT2D eigenvalue weighted by Gasteiger charge is -2.21. The highest BCUT2D eigenvalue weighted by atomic mass is 16.6. The molecule has 0 heterocycles. The predicted octanol–water partition coefficient (Wildman–Crippen LogP) is 4.00. The fraction of sp³-hybridized carbons (Fsp3) is 0.263. The van der Waals surface area contributed by atoms with Crippen LogP contribution in [0.25, 0.3) is 0 Å². The van der Waals surface area contributed by atoms with Crippen molar-refractivity contribution in [2.45, 2.75) is 26.4 Å². The molecule has 2 aromatic rings. The van der Waals surface area contributed by atoms with Crippen LogP contribution < -0.4 is 15.4 Å². The highest BCUT2D eigenvalue weighted by Gasteiger charge is 2.18. The summed E-state index contributed by atoms with van der Waals surface area (Å²) in [6.45, 7) is 5.27. The van der Waals surface area contributed by atoms with Gasteiger partial charge >= 0.3 is 6.09 Å². The summed E-state index contributed by atoms with van der Waals surface area (Å²) in [5.41, 5.74) is 0.431. The molecule has 26 heavy (non-hydrogen) atoms. The molecule has 0 aromatic heterocycles. The van der Waals surface area contributed by atoms with Gasteiger partial charge in [-0.1, -0.05) is 0 Å². The molecule has 0 aliphatic rings. The number of phenolic OH excluding ortho intramolecular Hbond substituents is 1. The normalized spacial score (nSPS) is 10.8. The summed E-state index contributed by atoms with van der Waals surface area (Å²) in [6.07, 6.45) is -0.647. The molecule has 0 radical (unpaired) electrons. The zero-order valence-electron chi connectivity index (χ0n) is 15.1. The second-order valence-corrected chi connectivity index (χ2v) is 6.54. The largest absolute Gasteiger partial charge is 0.508 e. The molecule has 3 N–H and O–H groups in total. The first-order chi connectivity index (χ1) is 12.2. The van der Waals surface area contributed by atoms with Crippen molar-refractivity contribution >= 4 is 23.4 Å². The van der Waals surface area contributed by atoms with Crippen LogP contribution >= 0.6 is 0 Å². The van der Waals surface area contributed by atoms with Crippen molar-refractivity contribution in [3.63, 3.8) is 0 Å². The second kappa shape index (κ2) is 7.77. The number of methoxy groups -OCH3 is 1. The molecule has 0 fully saturated rings. The summed E-state index contributed by atoms with van der Waals surface area (Å²) in [4.78, 5) is 24.4. The molecule has 0 saturated heterocycles. The quantitative estimate of drug-likeness (QED) is 0.767. The zero-order chi connectivity index (χ0) is 19.3. The Hall–Kier alpha value is -3.22. The van der Waals surface area contributed by atoms with Gasteiger partial charge in [0.05, 0.1) is 18.5 Å². The monoisotopic (exact) mass is 358 g/mol. The molecule has 138 valence electrons. The first-order valence-corrected chi connectivity index (χ1v) is 7.96. The van der Waals surface area contributed by atoms with Crippen LogP contribution in [-0.4, -0.2) is 29.8 Å². The number of benzene rings is 2. The second-order valence-electron chi connectivity index (χ2n) is 6.54. The van der Waals surface area contributed by atoms with E-state index >= 15 is 0 Å². The number of hydrogen-bond donors (Lipinski definition) is 3. The Labute approximate surface area is 151 Å². The maximum absolute atomic E-state index is 12.4. The van der Waals surface area contributed by atoms with E-state index in [4.69, 9.17) is 9.47 Å². The number of carbonyl (C=O) groups is 2. The van der Waals surface area contributed by atoms with Gasteiger partial charge in [0.15, 0.2) is 0 Å². The fourth-order valence-electron chi connectivity index (χ4n) is 2.08. The molecular formula is C19H22N2O5. The molecule has 0 aliphatic carbocycles. The van der Waals surface area contributed by atoms with Crippen molar-refractivity contribution in [1.29, 1.82) is 0 Å².